The topological polar surface area (TPSA) is 137 Å². The fourth-order valence-electron chi connectivity index (χ4n) is 4.28. The molecular formula is C22H36N4O6. The van der Waals surface area contributed by atoms with E-state index in [4.69, 9.17) is 4.74 Å². The Morgan fingerprint density at radius 3 is 2.50 bits per heavy atom. The van der Waals surface area contributed by atoms with Crippen molar-refractivity contribution in [2.24, 2.45) is 17.8 Å². The Bertz CT molecular complexity index is 677. The third-order valence-electron chi connectivity index (χ3n) is 6.59. The number of likely N-dealkylation sites (tertiary alicyclic amines) is 1. The third kappa shape index (κ3) is 7.96. The average molecular weight is 453 g/mol. The molecule has 0 bridgehead atoms. The van der Waals surface area contributed by atoms with Gasteiger partial charge in [0, 0.05) is 26.1 Å². The fourth-order valence-corrected chi connectivity index (χ4v) is 4.28. The zero-order chi connectivity index (χ0) is 22.9. The number of carboxylic acid groups (broad SMARTS) is 1. The lowest BCUT2D eigenvalue weighted by molar-refractivity contribution is -0.139. The van der Waals surface area contributed by atoms with Crippen LogP contribution in [0.15, 0.2) is 0 Å². The van der Waals surface area contributed by atoms with E-state index in [0.717, 1.165) is 51.6 Å². The van der Waals surface area contributed by atoms with Gasteiger partial charge in [0.15, 0.2) is 0 Å². The maximum Gasteiger partial charge on any atom is 0.407 e. The van der Waals surface area contributed by atoms with Crippen molar-refractivity contribution in [3.63, 3.8) is 0 Å². The molecule has 3 rings (SSSR count). The van der Waals surface area contributed by atoms with E-state index in [0.29, 0.717) is 37.8 Å². The molecule has 0 radical (unpaired) electrons. The molecule has 180 valence electrons. The minimum atomic E-state index is -1.27. The number of aliphatic carboxylic acids is 1. The number of carboxylic acids is 1. The van der Waals surface area contributed by atoms with Crippen LogP contribution in [0.1, 0.15) is 51.4 Å². The molecule has 10 heteroatoms. The first-order chi connectivity index (χ1) is 15.4. The van der Waals surface area contributed by atoms with Gasteiger partial charge in [-0.05, 0) is 69.9 Å². The fraction of sp³-hybridized carbons (Fsp3) is 0.818. The van der Waals surface area contributed by atoms with Crippen molar-refractivity contribution in [1.29, 1.82) is 0 Å². The van der Waals surface area contributed by atoms with Gasteiger partial charge >= 0.3 is 12.1 Å². The minimum absolute atomic E-state index is 0.0875. The van der Waals surface area contributed by atoms with Crippen molar-refractivity contribution in [2.45, 2.75) is 57.4 Å². The van der Waals surface area contributed by atoms with Gasteiger partial charge < -0.3 is 30.7 Å². The number of hydrogen-bond acceptors (Lipinski definition) is 6. The van der Waals surface area contributed by atoms with Crippen molar-refractivity contribution >= 4 is 23.9 Å². The zero-order valence-electron chi connectivity index (χ0n) is 18.6. The van der Waals surface area contributed by atoms with E-state index < -0.39 is 18.1 Å². The van der Waals surface area contributed by atoms with E-state index in [-0.39, 0.29) is 30.9 Å². The second kappa shape index (κ2) is 12.0. The smallest absolute Gasteiger partial charge is 0.407 e. The Hall–Kier alpha value is -2.36. The van der Waals surface area contributed by atoms with Crippen LogP contribution in [0, 0.1) is 17.8 Å². The molecule has 2 heterocycles. The third-order valence-corrected chi connectivity index (χ3v) is 6.59. The molecule has 4 N–H and O–H groups in total. The molecule has 2 aliphatic heterocycles. The zero-order valence-corrected chi connectivity index (χ0v) is 18.6. The van der Waals surface area contributed by atoms with Crippen LogP contribution >= 0.6 is 0 Å². The van der Waals surface area contributed by atoms with Crippen LogP contribution in [0.3, 0.4) is 0 Å². The van der Waals surface area contributed by atoms with Crippen LogP contribution in [-0.2, 0) is 19.1 Å². The average Bonchev–Trinajstić information content (AvgIpc) is 3.64. The molecule has 2 saturated heterocycles. The number of nitrogens with one attached hydrogen (secondary N) is 3. The lowest BCUT2D eigenvalue weighted by Gasteiger charge is -2.33. The van der Waals surface area contributed by atoms with Gasteiger partial charge in [0.25, 0.3) is 0 Å². The Morgan fingerprint density at radius 1 is 1.06 bits per heavy atom. The molecule has 0 aromatic carbocycles. The van der Waals surface area contributed by atoms with E-state index in [9.17, 15) is 24.3 Å². The van der Waals surface area contributed by atoms with E-state index in [2.05, 4.69) is 16.0 Å². The Labute approximate surface area is 188 Å². The number of rotatable bonds is 10. The van der Waals surface area contributed by atoms with E-state index >= 15 is 0 Å². The van der Waals surface area contributed by atoms with Crippen molar-refractivity contribution in [3.05, 3.63) is 0 Å². The molecule has 0 spiro atoms. The number of hydrogen-bond donors (Lipinski definition) is 4. The molecule has 0 aromatic rings. The highest BCUT2D eigenvalue weighted by atomic mass is 16.5. The van der Waals surface area contributed by atoms with E-state index in [1.807, 2.05) is 0 Å². The molecule has 3 amide bonds. The number of carbonyl (C=O) groups is 4. The minimum Gasteiger partial charge on any atom is -0.480 e. The Kier molecular flexibility index (Phi) is 9.13. The summed E-state index contributed by atoms with van der Waals surface area (Å²) < 4.78 is 5.00. The molecular weight excluding hydrogens is 416 g/mol. The molecule has 2 atom stereocenters. The van der Waals surface area contributed by atoms with Gasteiger partial charge in [-0.15, -0.1) is 0 Å². The van der Waals surface area contributed by atoms with Gasteiger partial charge in [0.2, 0.25) is 11.8 Å². The number of nitrogens with zero attached hydrogens (tertiary/aromatic N) is 1. The van der Waals surface area contributed by atoms with Crippen LogP contribution in [0.2, 0.25) is 0 Å². The maximum atomic E-state index is 12.6. The van der Waals surface area contributed by atoms with Crippen LogP contribution in [0.4, 0.5) is 4.79 Å². The second-order valence-electron chi connectivity index (χ2n) is 9.23. The molecule has 32 heavy (non-hydrogen) atoms. The SMILES string of the molecule is O=C(N[C@H](CNC(=O)[C@@H]1CCCN(C(=O)CCC2CCNCC2)C1)C(=O)O)OCC1CC1. The highest BCUT2D eigenvalue weighted by Gasteiger charge is 2.30. The van der Waals surface area contributed by atoms with Gasteiger partial charge in [-0.25, -0.2) is 9.59 Å². The van der Waals surface area contributed by atoms with Gasteiger partial charge in [-0.2, -0.15) is 0 Å². The Balaban J connectivity index is 1.39. The lowest BCUT2D eigenvalue weighted by atomic mass is 9.92. The first-order valence-electron chi connectivity index (χ1n) is 11.8. The summed E-state index contributed by atoms with van der Waals surface area (Å²) in [6.07, 6.45) is 6.24. The Morgan fingerprint density at radius 2 is 1.81 bits per heavy atom. The predicted octanol–water partition coefficient (Wildman–Crippen LogP) is 0.710. The second-order valence-corrected chi connectivity index (χ2v) is 9.23. The number of amides is 3. The summed E-state index contributed by atoms with van der Waals surface area (Å²) >= 11 is 0. The molecule has 10 nitrogen and oxygen atoms in total. The van der Waals surface area contributed by atoms with Crippen molar-refractivity contribution in [1.82, 2.24) is 20.9 Å². The van der Waals surface area contributed by atoms with Gasteiger partial charge in [-0.1, -0.05) is 0 Å². The molecule has 0 aromatic heterocycles. The van der Waals surface area contributed by atoms with Crippen LogP contribution in [0.25, 0.3) is 0 Å². The molecule has 0 unspecified atom stereocenters. The summed E-state index contributed by atoms with van der Waals surface area (Å²) in [4.78, 5) is 50.2. The maximum absolute atomic E-state index is 12.6. The normalized spacial score (nSPS) is 22.6. The highest BCUT2D eigenvalue weighted by Crippen LogP contribution is 2.28. The van der Waals surface area contributed by atoms with Crippen molar-refractivity contribution in [2.75, 3.05) is 39.3 Å². The largest absolute Gasteiger partial charge is 0.480 e. The predicted molar refractivity (Wildman–Crippen MR) is 116 cm³/mol. The highest BCUT2D eigenvalue weighted by molar-refractivity contribution is 5.83. The number of alkyl carbamates (subject to hydrolysis) is 1. The summed E-state index contributed by atoms with van der Waals surface area (Å²) in [5.74, 6) is -0.861. The van der Waals surface area contributed by atoms with Crippen LogP contribution < -0.4 is 16.0 Å². The van der Waals surface area contributed by atoms with Crippen LogP contribution in [0.5, 0.6) is 0 Å². The van der Waals surface area contributed by atoms with Crippen molar-refractivity contribution < 1.29 is 29.0 Å². The summed E-state index contributed by atoms with van der Waals surface area (Å²) in [5.41, 5.74) is 0. The van der Waals surface area contributed by atoms with E-state index in [1.165, 1.54) is 0 Å². The summed E-state index contributed by atoms with van der Waals surface area (Å²) in [6, 6.07) is -1.27. The number of piperidine rings is 2. The van der Waals surface area contributed by atoms with Crippen LogP contribution in [-0.4, -0.2) is 79.3 Å². The quantitative estimate of drug-likeness (QED) is 0.383. The summed E-state index contributed by atoms with van der Waals surface area (Å²) in [6.45, 7) is 3.08. The molecule has 1 saturated carbocycles. The molecule has 1 aliphatic carbocycles. The molecule has 3 fully saturated rings. The first-order valence-corrected chi connectivity index (χ1v) is 11.8. The van der Waals surface area contributed by atoms with Gasteiger partial charge in [0.1, 0.15) is 6.04 Å². The van der Waals surface area contributed by atoms with Crippen molar-refractivity contribution in [3.8, 4) is 0 Å². The summed E-state index contributed by atoms with van der Waals surface area (Å²) in [5, 5.41) is 17.6. The van der Waals surface area contributed by atoms with Gasteiger partial charge in [-0.3, -0.25) is 9.59 Å². The number of carbonyl (C=O) groups excluding carboxylic acids is 3. The van der Waals surface area contributed by atoms with Gasteiger partial charge in [0.05, 0.1) is 12.5 Å². The molecule has 3 aliphatic rings. The number of ether oxygens (including phenoxy) is 1. The van der Waals surface area contributed by atoms with E-state index in [1.54, 1.807) is 4.90 Å². The standard InChI is InChI=1S/C22H36N4O6/c27-19(6-5-15-7-9-23-10-8-15)26-11-1-2-17(13-26)20(28)24-12-18(21(29)30)25-22(31)32-14-16-3-4-16/h15-18,23H,1-14H2,(H,24,28)(H,25,31)(H,29,30)/t17-,18-/m1/s1. The first kappa shape index (κ1) is 24.3. The monoisotopic (exact) mass is 452 g/mol. The lowest BCUT2D eigenvalue weighted by Crippen LogP contribution is -2.51. The summed E-state index contributed by atoms with van der Waals surface area (Å²) in [7, 11) is 0.